The number of fused-ring (bicyclic) bond motifs is 1. The molecule has 124 valence electrons. The van der Waals surface area contributed by atoms with Gasteiger partial charge in [0, 0.05) is 11.6 Å². The zero-order valence-electron chi connectivity index (χ0n) is 13.5. The summed E-state index contributed by atoms with van der Waals surface area (Å²) in [6, 6.07) is 11.5. The molecule has 4 rings (SSSR count). The van der Waals surface area contributed by atoms with Crippen LogP contribution >= 0.6 is 11.3 Å². The molecule has 6 nitrogen and oxygen atoms in total. The molecule has 1 amide bonds. The van der Waals surface area contributed by atoms with Crippen molar-refractivity contribution in [2.24, 2.45) is 0 Å². The fourth-order valence-corrected chi connectivity index (χ4v) is 3.46. The van der Waals surface area contributed by atoms with E-state index in [4.69, 9.17) is 0 Å². The molecule has 0 aliphatic rings. The summed E-state index contributed by atoms with van der Waals surface area (Å²) in [4.78, 5) is 21.3. The van der Waals surface area contributed by atoms with E-state index in [1.165, 1.54) is 11.3 Å². The number of carbonyl (C=O) groups excluding carboxylic acids is 1. The number of rotatable bonds is 4. The second kappa shape index (κ2) is 6.45. The highest BCUT2D eigenvalue weighted by Gasteiger charge is 2.18. The van der Waals surface area contributed by atoms with Crippen molar-refractivity contribution in [3.05, 3.63) is 65.7 Å². The van der Waals surface area contributed by atoms with Gasteiger partial charge in [0.05, 0.1) is 28.6 Å². The molecule has 0 spiro atoms. The maximum absolute atomic E-state index is 12.8. The number of nitrogens with zero attached hydrogens (tertiary/aromatic N) is 4. The first-order chi connectivity index (χ1) is 12.3. The summed E-state index contributed by atoms with van der Waals surface area (Å²) in [6.45, 7) is 2.01. The standard InChI is InChI=1S/C18H15N5OS/c1-2-13-18(25-11-20-13)22-17(24)16-15(8-5-9-19-16)23-14-7-4-3-6-12(14)10-21-23/h3-11H,2H2,1H3,(H,22,24). The van der Waals surface area contributed by atoms with E-state index in [9.17, 15) is 4.79 Å². The van der Waals surface area contributed by atoms with E-state index in [1.807, 2.05) is 37.3 Å². The van der Waals surface area contributed by atoms with Gasteiger partial charge >= 0.3 is 0 Å². The smallest absolute Gasteiger partial charge is 0.277 e. The number of amides is 1. The van der Waals surface area contributed by atoms with Gasteiger partial charge in [0.25, 0.3) is 5.91 Å². The average Bonchev–Trinajstić information content (AvgIpc) is 3.28. The number of nitrogens with one attached hydrogen (secondary N) is 1. The van der Waals surface area contributed by atoms with Crippen molar-refractivity contribution in [3.8, 4) is 5.69 Å². The summed E-state index contributed by atoms with van der Waals surface area (Å²) in [5.74, 6) is -0.269. The molecule has 0 radical (unpaired) electrons. The number of para-hydroxylation sites is 1. The minimum Gasteiger partial charge on any atom is -0.311 e. The van der Waals surface area contributed by atoms with Crippen LogP contribution in [0.25, 0.3) is 16.6 Å². The molecule has 4 aromatic rings. The lowest BCUT2D eigenvalue weighted by atomic mass is 10.2. The van der Waals surface area contributed by atoms with E-state index >= 15 is 0 Å². The van der Waals surface area contributed by atoms with Gasteiger partial charge in [-0.25, -0.2) is 14.6 Å². The third kappa shape index (κ3) is 2.78. The Hall–Kier alpha value is -3.06. The molecule has 0 bridgehead atoms. The van der Waals surface area contributed by atoms with Crippen molar-refractivity contribution in [3.63, 3.8) is 0 Å². The number of aromatic nitrogens is 4. The third-order valence-electron chi connectivity index (χ3n) is 3.91. The predicted octanol–water partition coefficient (Wildman–Crippen LogP) is 3.69. The van der Waals surface area contributed by atoms with Crippen LogP contribution in [0.5, 0.6) is 0 Å². The van der Waals surface area contributed by atoms with E-state index in [-0.39, 0.29) is 5.91 Å². The highest BCUT2D eigenvalue weighted by molar-refractivity contribution is 7.14. The molecule has 1 N–H and O–H groups in total. The maximum Gasteiger partial charge on any atom is 0.277 e. The quantitative estimate of drug-likeness (QED) is 0.610. The fourth-order valence-electron chi connectivity index (χ4n) is 2.69. The number of pyridine rings is 1. The van der Waals surface area contributed by atoms with Gasteiger partial charge in [-0.15, -0.1) is 11.3 Å². The lowest BCUT2D eigenvalue weighted by Gasteiger charge is -2.10. The van der Waals surface area contributed by atoms with Gasteiger partial charge in [-0.05, 0) is 24.6 Å². The van der Waals surface area contributed by atoms with E-state index in [2.05, 4.69) is 20.4 Å². The van der Waals surface area contributed by atoms with Crippen LogP contribution in [0.4, 0.5) is 5.00 Å². The molecular formula is C18H15N5OS. The fraction of sp³-hybridized carbons (Fsp3) is 0.111. The van der Waals surface area contributed by atoms with Crippen LogP contribution in [0.15, 0.2) is 54.3 Å². The Morgan fingerprint density at radius 1 is 1.20 bits per heavy atom. The van der Waals surface area contributed by atoms with E-state index in [1.54, 1.807) is 28.7 Å². The van der Waals surface area contributed by atoms with Crippen molar-refractivity contribution in [1.29, 1.82) is 0 Å². The van der Waals surface area contributed by atoms with Crippen LogP contribution in [0.1, 0.15) is 23.1 Å². The van der Waals surface area contributed by atoms with E-state index < -0.39 is 0 Å². The monoisotopic (exact) mass is 349 g/mol. The normalized spacial score (nSPS) is 10.9. The molecule has 7 heteroatoms. The first-order valence-corrected chi connectivity index (χ1v) is 8.77. The van der Waals surface area contributed by atoms with Gasteiger partial charge in [0.1, 0.15) is 5.00 Å². The number of anilines is 1. The van der Waals surface area contributed by atoms with Crippen LogP contribution in [-0.4, -0.2) is 25.7 Å². The van der Waals surface area contributed by atoms with Crippen LogP contribution in [0.3, 0.4) is 0 Å². The third-order valence-corrected chi connectivity index (χ3v) is 4.69. The number of aryl methyl sites for hydroxylation is 1. The Morgan fingerprint density at radius 3 is 2.96 bits per heavy atom. The highest BCUT2D eigenvalue weighted by Crippen LogP contribution is 2.23. The predicted molar refractivity (Wildman–Crippen MR) is 98.3 cm³/mol. The molecule has 0 atom stereocenters. The molecule has 0 unspecified atom stereocenters. The van der Waals surface area contributed by atoms with Gasteiger partial charge < -0.3 is 5.32 Å². The summed E-state index contributed by atoms with van der Waals surface area (Å²) in [6.07, 6.45) is 4.15. The van der Waals surface area contributed by atoms with Gasteiger partial charge in [-0.3, -0.25) is 4.79 Å². The largest absolute Gasteiger partial charge is 0.311 e. The van der Waals surface area contributed by atoms with Crippen LogP contribution in [0, 0.1) is 0 Å². The summed E-state index contributed by atoms with van der Waals surface area (Å²) in [5.41, 5.74) is 4.50. The van der Waals surface area contributed by atoms with Gasteiger partial charge in [-0.2, -0.15) is 5.10 Å². The number of hydrogen-bond acceptors (Lipinski definition) is 5. The maximum atomic E-state index is 12.8. The van der Waals surface area contributed by atoms with E-state index in [0.717, 1.165) is 28.0 Å². The summed E-state index contributed by atoms with van der Waals surface area (Å²) < 4.78 is 1.74. The average molecular weight is 349 g/mol. The Bertz CT molecular complexity index is 1050. The zero-order valence-corrected chi connectivity index (χ0v) is 14.3. The number of carbonyl (C=O) groups is 1. The lowest BCUT2D eigenvalue weighted by Crippen LogP contribution is -2.17. The van der Waals surface area contributed by atoms with Crippen molar-refractivity contribution < 1.29 is 4.79 Å². The van der Waals surface area contributed by atoms with Crippen LogP contribution < -0.4 is 5.32 Å². The molecular weight excluding hydrogens is 334 g/mol. The Labute approximate surface area is 148 Å². The van der Waals surface area contributed by atoms with Crippen molar-refractivity contribution in [2.75, 3.05) is 5.32 Å². The Balaban J connectivity index is 1.75. The molecule has 25 heavy (non-hydrogen) atoms. The summed E-state index contributed by atoms with van der Waals surface area (Å²) >= 11 is 1.41. The van der Waals surface area contributed by atoms with Crippen molar-refractivity contribution in [1.82, 2.24) is 19.7 Å². The van der Waals surface area contributed by atoms with Gasteiger partial charge in [0.15, 0.2) is 5.69 Å². The topological polar surface area (TPSA) is 72.7 Å². The first kappa shape index (κ1) is 15.5. The molecule has 0 fully saturated rings. The highest BCUT2D eigenvalue weighted by atomic mass is 32.1. The minimum absolute atomic E-state index is 0.269. The van der Waals surface area contributed by atoms with Crippen LogP contribution in [0.2, 0.25) is 0 Å². The number of thiazole rings is 1. The molecule has 3 aromatic heterocycles. The van der Waals surface area contributed by atoms with Crippen molar-refractivity contribution >= 4 is 33.1 Å². The molecule has 0 saturated heterocycles. The Morgan fingerprint density at radius 2 is 2.08 bits per heavy atom. The summed E-state index contributed by atoms with van der Waals surface area (Å²) in [5, 5.41) is 9.11. The lowest BCUT2D eigenvalue weighted by molar-refractivity contribution is 0.102. The van der Waals surface area contributed by atoms with Gasteiger partial charge in [-0.1, -0.05) is 25.1 Å². The zero-order chi connectivity index (χ0) is 17.2. The second-order valence-electron chi connectivity index (χ2n) is 5.42. The number of hydrogen-bond donors (Lipinski definition) is 1. The molecule has 1 aromatic carbocycles. The van der Waals surface area contributed by atoms with Crippen molar-refractivity contribution in [2.45, 2.75) is 13.3 Å². The number of benzene rings is 1. The summed E-state index contributed by atoms with van der Waals surface area (Å²) in [7, 11) is 0. The Kier molecular flexibility index (Phi) is 3.99. The molecule has 0 aliphatic carbocycles. The second-order valence-corrected chi connectivity index (χ2v) is 6.28. The minimum atomic E-state index is -0.269. The first-order valence-electron chi connectivity index (χ1n) is 7.90. The van der Waals surface area contributed by atoms with Crippen LogP contribution in [-0.2, 0) is 6.42 Å². The molecule has 0 aliphatic heterocycles. The van der Waals surface area contributed by atoms with E-state index in [0.29, 0.717) is 11.4 Å². The molecule has 0 saturated carbocycles. The van der Waals surface area contributed by atoms with Gasteiger partial charge in [0.2, 0.25) is 0 Å². The SMILES string of the molecule is CCc1ncsc1NC(=O)c1ncccc1-n1ncc2ccccc21. The molecule has 3 heterocycles.